The predicted molar refractivity (Wildman–Crippen MR) is 49.1 cm³/mol. The van der Waals surface area contributed by atoms with Crippen molar-refractivity contribution in [2.45, 2.75) is 4.90 Å². The molecule has 82 valence electrons. The Morgan fingerprint density at radius 3 is 2.33 bits per heavy atom. The highest BCUT2D eigenvalue weighted by Crippen LogP contribution is 2.20. The molecular weight excluding hydrogens is 227 g/mol. The molecule has 0 heterocycles. The molecule has 0 saturated heterocycles. The van der Waals surface area contributed by atoms with Crippen molar-refractivity contribution < 1.29 is 22.7 Å². The Hall–Kier alpha value is -1.67. The van der Waals surface area contributed by atoms with Gasteiger partial charge < -0.3 is 10.8 Å². The summed E-state index contributed by atoms with van der Waals surface area (Å²) in [6.07, 6.45) is 0. The van der Waals surface area contributed by atoms with Gasteiger partial charge in [-0.05, 0) is 12.1 Å². The van der Waals surface area contributed by atoms with Crippen LogP contribution < -0.4 is 10.9 Å². The van der Waals surface area contributed by atoms with Crippen molar-refractivity contribution in [1.29, 1.82) is 0 Å². The van der Waals surface area contributed by atoms with Crippen LogP contribution in [0.25, 0.3) is 0 Å². The summed E-state index contributed by atoms with van der Waals surface area (Å²) in [6, 6.07) is 1.19. The summed E-state index contributed by atoms with van der Waals surface area (Å²) in [4.78, 5) is 9.68. The number of hydrogen-bond donors (Lipinski definition) is 3. The summed E-state index contributed by atoms with van der Waals surface area (Å²) in [6.45, 7) is 0. The average Bonchev–Trinajstić information content (AvgIpc) is 2.00. The molecule has 0 radical (unpaired) electrons. The molecule has 5 N–H and O–H groups in total. The molecule has 0 fully saturated rings. The number of primary sulfonamides is 1. The van der Waals surface area contributed by atoms with Gasteiger partial charge in [0.25, 0.3) is 0 Å². The number of benzene rings is 1. The van der Waals surface area contributed by atoms with E-state index in [0.717, 1.165) is 0 Å². The van der Waals surface area contributed by atoms with E-state index in [0.29, 0.717) is 12.1 Å². The zero-order valence-corrected chi connectivity index (χ0v) is 8.08. The summed E-state index contributed by atoms with van der Waals surface area (Å²) in [5.74, 6) is -2.64. The topological polar surface area (TPSA) is 123 Å². The first-order chi connectivity index (χ1) is 6.73. The minimum Gasteiger partial charge on any atom is -0.478 e. The smallest absolute Gasteiger partial charge is 0.337 e. The fourth-order valence-electron chi connectivity index (χ4n) is 0.972. The van der Waals surface area contributed by atoms with E-state index < -0.39 is 32.3 Å². The lowest BCUT2D eigenvalue weighted by Crippen LogP contribution is -2.16. The van der Waals surface area contributed by atoms with E-state index in [9.17, 15) is 17.6 Å². The highest BCUT2D eigenvalue weighted by Gasteiger charge is 2.19. The molecule has 0 amide bonds. The van der Waals surface area contributed by atoms with Crippen LogP contribution in [-0.2, 0) is 10.0 Å². The third-order valence-electron chi connectivity index (χ3n) is 1.64. The van der Waals surface area contributed by atoms with Gasteiger partial charge in [0.1, 0.15) is 10.7 Å². The van der Waals surface area contributed by atoms with Crippen LogP contribution in [0, 0.1) is 5.82 Å². The number of aromatic carboxylic acids is 1. The van der Waals surface area contributed by atoms with Crippen LogP contribution in [0.15, 0.2) is 17.0 Å². The first kappa shape index (κ1) is 11.4. The lowest BCUT2D eigenvalue weighted by atomic mass is 10.2. The first-order valence-electron chi connectivity index (χ1n) is 3.58. The number of sulfonamides is 1. The Morgan fingerprint density at radius 2 is 1.93 bits per heavy atom. The molecule has 0 atom stereocenters. The molecule has 0 saturated carbocycles. The lowest BCUT2D eigenvalue weighted by molar-refractivity contribution is 0.0697. The molecule has 1 aromatic rings. The maximum Gasteiger partial charge on any atom is 0.337 e. The Balaban J connectivity index is 3.58. The molecule has 8 heteroatoms. The molecular formula is C7H7FN2O4S. The van der Waals surface area contributed by atoms with Crippen molar-refractivity contribution in [2.24, 2.45) is 5.14 Å². The van der Waals surface area contributed by atoms with Crippen LogP contribution in [0.1, 0.15) is 10.4 Å². The molecule has 0 aliphatic carbocycles. The zero-order valence-electron chi connectivity index (χ0n) is 7.27. The number of nitrogens with two attached hydrogens (primary N) is 2. The summed E-state index contributed by atoms with van der Waals surface area (Å²) in [7, 11) is -4.30. The summed E-state index contributed by atoms with van der Waals surface area (Å²) < 4.78 is 34.7. The number of carbonyl (C=O) groups is 1. The van der Waals surface area contributed by atoms with Crippen molar-refractivity contribution >= 4 is 21.7 Å². The Labute approximate surface area is 84.4 Å². The fraction of sp³-hybridized carbons (Fsp3) is 0. The van der Waals surface area contributed by atoms with Gasteiger partial charge in [0.05, 0.1) is 5.56 Å². The van der Waals surface area contributed by atoms with Gasteiger partial charge in [-0.25, -0.2) is 22.7 Å². The van der Waals surface area contributed by atoms with Crippen LogP contribution in [0.3, 0.4) is 0 Å². The van der Waals surface area contributed by atoms with Crippen LogP contribution in [0.4, 0.5) is 10.1 Å². The van der Waals surface area contributed by atoms with Crippen LogP contribution in [0.2, 0.25) is 0 Å². The largest absolute Gasteiger partial charge is 0.478 e. The molecule has 0 aliphatic heterocycles. The molecule has 0 aromatic heterocycles. The zero-order chi connectivity index (χ0) is 11.8. The van der Waals surface area contributed by atoms with E-state index in [-0.39, 0.29) is 5.69 Å². The molecule has 1 aromatic carbocycles. The monoisotopic (exact) mass is 234 g/mol. The Bertz CT molecular complexity index is 526. The number of hydrogen-bond acceptors (Lipinski definition) is 4. The highest BCUT2D eigenvalue weighted by molar-refractivity contribution is 7.89. The van der Waals surface area contributed by atoms with E-state index >= 15 is 0 Å². The third kappa shape index (κ3) is 2.22. The molecule has 15 heavy (non-hydrogen) atoms. The second kappa shape index (κ2) is 3.48. The number of rotatable bonds is 2. The number of carboxylic acids is 1. The number of nitrogen functional groups attached to an aromatic ring is 1. The minimum atomic E-state index is -4.30. The van der Waals surface area contributed by atoms with Crippen molar-refractivity contribution in [2.75, 3.05) is 5.73 Å². The van der Waals surface area contributed by atoms with Gasteiger partial charge in [0.15, 0.2) is 0 Å². The molecule has 0 bridgehead atoms. The van der Waals surface area contributed by atoms with Gasteiger partial charge in [-0.1, -0.05) is 0 Å². The molecule has 0 spiro atoms. The predicted octanol–water partition coefficient (Wildman–Crippen LogP) is -0.247. The van der Waals surface area contributed by atoms with E-state index in [1.54, 1.807) is 0 Å². The Kier molecular flexibility index (Phi) is 2.65. The molecule has 0 aliphatic rings. The second-order valence-corrected chi connectivity index (χ2v) is 4.25. The van der Waals surface area contributed by atoms with Crippen molar-refractivity contribution in [3.05, 3.63) is 23.5 Å². The number of carboxylic acid groups (broad SMARTS) is 1. The van der Waals surface area contributed by atoms with Crippen molar-refractivity contribution in [1.82, 2.24) is 0 Å². The quantitative estimate of drug-likeness (QED) is 0.609. The molecule has 0 unspecified atom stereocenters. The van der Waals surface area contributed by atoms with Crippen LogP contribution in [-0.4, -0.2) is 19.5 Å². The fourth-order valence-corrected chi connectivity index (χ4v) is 1.58. The summed E-state index contributed by atoms with van der Waals surface area (Å²) in [5.41, 5.74) is 4.30. The van der Waals surface area contributed by atoms with Crippen LogP contribution in [0.5, 0.6) is 0 Å². The van der Waals surface area contributed by atoms with Gasteiger partial charge in [0.2, 0.25) is 10.0 Å². The number of halogens is 1. The SMILES string of the molecule is Nc1cc(F)c(S(N)(=O)=O)cc1C(=O)O. The lowest BCUT2D eigenvalue weighted by Gasteiger charge is -2.05. The van der Waals surface area contributed by atoms with Crippen molar-refractivity contribution in [3.8, 4) is 0 Å². The maximum absolute atomic E-state index is 13.1. The average molecular weight is 234 g/mol. The van der Waals surface area contributed by atoms with E-state index in [1.165, 1.54) is 0 Å². The van der Waals surface area contributed by atoms with Crippen LogP contribution >= 0.6 is 0 Å². The molecule has 1 rings (SSSR count). The summed E-state index contributed by atoms with van der Waals surface area (Å²) >= 11 is 0. The van der Waals surface area contributed by atoms with Gasteiger partial charge in [-0.3, -0.25) is 0 Å². The van der Waals surface area contributed by atoms with Gasteiger partial charge in [-0.2, -0.15) is 0 Å². The normalized spacial score (nSPS) is 11.3. The molecule has 6 nitrogen and oxygen atoms in total. The first-order valence-corrected chi connectivity index (χ1v) is 5.13. The minimum absolute atomic E-state index is 0.368. The third-order valence-corrected chi connectivity index (χ3v) is 2.57. The standard InChI is InChI=1S/C7H7FN2O4S/c8-4-2-5(9)3(7(11)12)1-6(4)15(10,13)14/h1-2H,9H2,(H,11,12)(H2,10,13,14). The Morgan fingerprint density at radius 1 is 1.40 bits per heavy atom. The van der Waals surface area contributed by atoms with Gasteiger partial charge >= 0.3 is 5.97 Å². The van der Waals surface area contributed by atoms with E-state index in [1.807, 2.05) is 0 Å². The van der Waals surface area contributed by atoms with Gasteiger partial charge in [0, 0.05) is 5.69 Å². The van der Waals surface area contributed by atoms with E-state index in [2.05, 4.69) is 5.14 Å². The maximum atomic E-state index is 13.1. The van der Waals surface area contributed by atoms with Crippen molar-refractivity contribution in [3.63, 3.8) is 0 Å². The second-order valence-electron chi connectivity index (χ2n) is 2.72. The van der Waals surface area contributed by atoms with E-state index in [4.69, 9.17) is 10.8 Å². The van der Waals surface area contributed by atoms with Gasteiger partial charge in [-0.15, -0.1) is 0 Å². The highest BCUT2D eigenvalue weighted by atomic mass is 32.2. The summed E-state index contributed by atoms with van der Waals surface area (Å²) in [5, 5.41) is 13.3. The number of anilines is 1.